The lowest BCUT2D eigenvalue weighted by molar-refractivity contribution is -0.131. The summed E-state index contributed by atoms with van der Waals surface area (Å²) in [5.41, 5.74) is 0. The number of amides is 1. The number of piperidine rings is 1. The van der Waals surface area contributed by atoms with Crippen LogP contribution in [0.4, 0.5) is 0 Å². The van der Waals surface area contributed by atoms with Gasteiger partial charge in [-0.1, -0.05) is 0 Å². The quantitative estimate of drug-likeness (QED) is 0.606. The number of hydrogen-bond donors (Lipinski definition) is 0. The van der Waals surface area contributed by atoms with Gasteiger partial charge in [-0.25, -0.2) is 0 Å². The second-order valence-electron chi connectivity index (χ2n) is 2.97. The number of carbonyl (C=O) groups excluding carboxylic acids is 1. The van der Waals surface area contributed by atoms with Crippen LogP contribution in [0.1, 0.15) is 12.8 Å². The number of carbonyl (C=O) groups is 1. The lowest BCUT2D eigenvalue weighted by Crippen LogP contribution is -2.43. The van der Waals surface area contributed by atoms with E-state index in [9.17, 15) is 4.79 Å². The van der Waals surface area contributed by atoms with Crippen molar-refractivity contribution in [1.29, 1.82) is 0 Å². The second-order valence-corrected chi connectivity index (χ2v) is 3.24. The van der Waals surface area contributed by atoms with Gasteiger partial charge in [0.25, 0.3) is 0 Å². The molecular weight excluding hydrogens is 178 g/mol. The standard InChI is InChI=1S/C8H14ClNO2/c1-12-7-3-2-4-10(6-7)8(11)5-9/h7H,2-6H2,1H3/t7-/m1/s1. The molecule has 1 atom stereocenters. The molecule has 4 heteroatoms. The lowest BCUT2D eigenvalue weighted by Gasteiger charge is -2.31. The Morgan fingerprint density at radius 2 is 2.50 bits per heavy atom. The zero-order valence-corrected chi connectivity index (χ0v) is 8.01. The van der Waals surface area contributed by atoms with Gasteiger partial charge in [0.05, 0.1) is 6.10 Å². The third kappa shape index (κ3) is 2.35. The summed E-state index contributed by atoms with van der Waals surface area (Å²) < 4.78 is 5.18. The van der Waals surface area contributed by atoms with Crippen LogP contribution in [-0.2, 0) is 9.53 Å². The van der Waals surface area contributed by atoms with Crippen molar-refractivity contribution in [2.24, 2.45) is 0 Å². The van der Waals surface area contributed by atoms with Crippen LogP contribution in [0.2, 0.25) is 0 Å². The molecule has 1 aliphatic rings. The number of hydrogen-bond acceptors (Lipinski definition) is 2. The van der Waals surface area contributed by atoms with Gasteiger partial charge in [0.15, 0.2) is 0 Å². The van der Waals surface area contributed by atoms with E-state index in [1.807, 2.05) is 0 Å². The van der Waals surface area contributed by atoms with Crippen LogP contribution in [0, 0.1) is 0 Å². The number of alkyl halides is 1. The zero-order chi connectivity index (χ0) is 8.97. The molecular formula is C8H14ClNO2. The Bertz CT molecular complexity index is 163. The largest absolute Gasteiger partial charge is 0.380 e. The van der Waals surface area contributed by atoms with Gasteiger partial charge in [-0.2, -0.15) is 0 Å². The number of halogens is 1. The maximum atomic E-state index is 11.2. The van der Waals surface area contributed by atoms with Crippen LogP contribution in [0.25, 0.3) is 0 Å². The predicted molar refractivity (Wildman–Crippen MR) is 47.3 cm³/mol. The van der Waals surface area contributed by atoms with Gasteiger partial charge in [-0.3, -0.25) is 4.79 Å². The van der Waals surface area contributed by atoms with Gasteiger partial charge >= 0.3 is 0 Å². The van der Waals surface area contributed by atoms with Crippen LogP contribution >= 0.6 is 11.6 Å². The molecule has 0 N–H and O–H groups in total. The molecule has 0 spiro atoms. The maximum Gasteiger partial charge on any atom is 0.237 e. The molecule has 0 aromatic heterocycles. The molecule has 12 heavy (non-hydrogen) atoms. The number of nitrogens with zero attached hydrogens (tertiary/aromatic N) is 1. The molecule has 0 aromatic carbocycles. The molecule has 1 saturated heterocycles. The van der Waals surface area contributed by atoms with E-state index in [1.54, 1.807) is 12.0 Å². The summed E-state index contributed by atoms with van der Waals surface area (Å²) in [4.78, 5) is 12.9. The maximum absolute atomic E-state index is 11.2. The summed E-state index contributed by atoms with van der Waals surface area (Å²) in [5, 5.41) is 0. The fraction of sp³-hybridized carbons (Fsp3) is 0.875. The van der Waals surface area contributed by atoms with E-state index in [2.05, 4.69) is 0 Å². The number of rotatable bonds is 2. The topological polar surface area (TPSA) is 29.5 Å². The Morgan fingerprint density at radius 1 is 1.75 bits per heavy atom. The smallest absolute Gasteiger partial charge is 0.237 e. The van der Waals surface area contributed by atoms with E-state index < -0.39 is 0 Å². The molecule has 0 radical (unpaired) electrons. The first kappa shape index (κ1) is 9.81. The van der Waals surface area contributed by atoms with Crippen LogP contribution < -0.4 is 0 Å². The highest BCUT2D eigenvalue weighted by Crippen LogP contribution is 2.12. The highest BCUT2D eigenvalue weighted by Gasteiger charge is 2.22. The minimum absolute atomic E-state index is 0.0124. The van der Waals surface area contributed by atoms with Gasteiger partial charge in [0, 0.05) is 20.2 Å². The zero-order valence-electron chi connectivity index (χ0n) is 7.25. The SMILES string of the molecule is CO[C@@H]1CCCN(C(=O)CCl)C1. The number of likely N-dealkylation sites (tertiary alicyclic amines) is 1. The molecule has 0 aromatic rings. The van der Waals surface area contributed by atoms with E-state index in [-0.39, 0.29) is 17.9 Å². The van der Waals surface area contributed by atoms with E-state index >= 15 is 0 Å². The van der Waals surface area contributed by atoms with Gasteiger partial charge in [-0.05, 0) is 12.8 Å². The van der Waals surface area contributed by atoms with Gasteiger partial charge < -0.3 is 9.64 Å². The predicted octanol–water partition coefficient (Wildman–Crippen LogP) is 0.863. The summed E-state index contributed by atoms with van der Waals surface area (Å²) in [6.45, 7) is 1.52. The van der Waals surface area contributed by atoms with Crippen LogP contribution in [0.3, 0.4) is 0 Å². The molecule has 0 unspecified atom stereocenters. The number of methoxy groups -OCH3 is 1. The first-order valence-electron chi connectivity index (χ1n) is 4.14. The first-order chi connectivity index (χ1) is 5.77. The van der Waals surface area contributed by atoms with Crippen LogP contribution in [0.5, 0.6) is 0 Å². The summed E-state index contributed by atoms with van der Waals surface area (Å²) >= 11 is 5.44. The van der Waals surface area contributed by atoms with Crippen molar-refractivity contribution >= 4 is 17.5 Å². The molecule has 0 saturated carbocycles. The van der Waals surface area contributed by atoms with Crippen molar-refractivity contribution in [2.45, 2.75) is 18.9 Å². The molecule has 0 aliphatic carbocycles. The minimum atomic E-state index is 0.0124. The summed E-state index contributed by atoms with van der Waals surface area (Å²) in [5.74, 6) is 0.0922. The third-order valence-electron chi connectivity index (χ3n) is 2.18. The van der Waals surface area contributed by atoms with Crippen molar-refractivity contribution in [3.8, 4) is 0 Å². The molecule has 3 nitrogen and oxygen atoms in total. The molecule has 1 heterocycles. The molecule has 70 valence electrons. The van der Waals surface area contributed by atoms with Crippen molar-refractivity contribution in [1.82, 2.24) is 4.90 Å². The molecule has 1 aliphatic heterocycles. The van der Waals surface area contributed by atoms with Crippen LogP contribution in [0.15, 0.2) is 0 Å². The molecule has 1 rings (SSSR count). The summed E-state index contributed by atoms with van der Waals surface area (Å²) in [6.07, 6.45) is 2.26. The van der Waals surface area contributed by atoms with Gasteiger partial charge in [0.2, 0.25) is 5.91 Å². The Balaban J connectivity index is 2.40. The Labute approximate surface area is 77.6 Å². The average molecular weight is 192 g/mol. The van der Waals surface area contributed by atoms with Crippen molar-refractivity contribution in [3.05, 3.63) is 0 Å². The first-order valence-corrected chi connectivity index (χ1v) is 4.68. The Kier molecular flexibility index (Phi) is 3.82. The van der Waals surface area contributed by atoms with Crippen molar-refractivity contribution in [2.75, 3.05) is 26.1 Å². The highest BCUT2D eigenvalue weighted by molar-refractivity contribution is 6.27. The van der Waals surface area contributed by atoms with E-state index in [4.69, 9.17) is 16.3 Å². The third-order valence-corrected chi connectivity index (χ3v) is 2.41. The van der Waals surface area contributed by atoms with Crippen LogP contribution in [-0.4, -0.2) is 43.0 Å². The average Bonchev–Trinajstić information content (AvgIpc) is 2.17. The molecule has 0 bridgehead atoms. The fourth-order valence-corrected chi connectivity index (χ4v) is 1.61. The second kappa shape index (κ2) is 4.67. The lowest BCUT2D eigenvalue weighted by atomic mass is 10.1. The number of ether oxygens (including phenoxy) is 1. The van der Waals surface area contributed by atoms with E-state index in [1.165, 1.54) is 0 Å². The summed E-state index contributed by atoms with van der Waals surface area (Å²) in [7, 11) is 1.68. The van der Waals surface area contributed by atoms with Crippen molar-refractivity contribution in [3.63, 3.8) is 0 Å². The van der Waals surface area contributed by atoms with E-state index in [0.717, 1.165) is 19.4 Å². The Hall–Kier alpha value is -0.280. The Morgan fingerprint density at radius 3 is 3.08 bits per heavy atom. The normalized spacial score (nSPS) is 24.2. The van der Waals surface area contributed by atoms with Gasteiger partial charge in [0.1, 0.15) is 5.88 Å². The van der Waals surface area contributed by atoms with E-state index in [0.29, 0.717) is 6.54 Å². The monoisotopic (exact) mass is 191 g/mol. The molecule has 1 amide bonds. The minimum Gasteiger partial charge on any atom is -0.380 e. The summed E-state index contributed by atoms with van der Waals surface area (Å²) in [6, 6.07) is 0. The fourth-order valence-electron chi connectivity index (χ4n) is 1.44. The van der Waals surface area contributed by atoms with Gasteiger partial charge in [-0.15, -0.1) is 11.6 Å². The highest BCUT2D eigenvalue weighted by atomic mass is 35.5. The molecule has 1 fully saturated rings. The van der Waals surface area contributed by atoms with Crippen molar-refractivity contribution < 1.29 is 9.53 Å².